The van der Waals surface area contributed by atoms with E-state index >= 15 is 0 Å². The van der Waals surface area contributed by atoms with Crippen molar-refractivity contribution >= 4 is 24.1 Å². The van der Waals surface area contributed by atoms with Crippen LogP contribution in [0.15, 0.2) is 0 Å². The summed E-state index contributed by atoms with van der Waals surface area (Å²) >= 11 is 0. The third kappa shape index (κ3) is 14.0. The number of ether oxygens (including phenoxy) is 1. The van der Waals surface area contributed by atoms with Gasteiger partial charge in [0.05, 0.1) is 20.3 Å². The quantitative estimate of drug-likeness (QED) is 0.0948. The van der Waals surface area contributed by atoms with Crippen LogP contribution < -0.4 is 16.4 Å². The number of hydrogen-bond acceptors (Lipinski definition) is 10. The maximum absolute atomic E-state index is 11.5. The summed E-state index contributed by atoms with van der Waals surface area (Å²) in [6, 6.07) is -0.692. The molecule has 0 aliphatic carbocycles. The monoisotopic (exact) mass is 409 g/mol. The molecule has 8 N–H and O–H groups in total. The van der Waals surface area contributed by atoms with Crippen LogP contribution in [0.3, 0.4) is 0 Å². The maximum atomic E-state index is 11.5. The highest BCUT2D eigenvalue weighted by atomic mass is 16.5. The van der Waals surface area contributed by atoms with Gasteiger partial charge in [-0.25, -0.2) is 4.79 Å². The van der Waals surface area contributed by atoms with E-state index in [2.05, 4.69) is 15.4 Å². The number of nitrogens with two attached hydrogens (primary N) is 1. The second kappa shape index (κ2) is 17.0. The average Bonchev–Trinajstić information content (AvgIpc) is 2.69. The van der Waals surface area contributed by atoms with Gasteiger partial charge in [0.25, 0.3) is 0 Å². The molecule has 12 nitrogen and oxygen atoms in total. The molecular weight excluding hydrogens is 378 g/mol. The van der Waals surface area contributed by atoms with E-state index in [0.717, 1.165) is 12.8 Å². The van der Waals surface area contributed by atoms with Gasteiger partial charge in [0.2, 0.25) is 11.8 Å². The molecule has 0 saturated carbocycles. The van der Waals surface area contributed by atoms with E-state index in [4.69, 9.17) is 26.2 Å². The first-order chi connectivity index (χ1) is 13.1. The summed E-state index contributed by atoms with van der Waals surface area (Å²) in [6.07, 6.45) is -2.67. The Morgan fingerprint density at radius 1 is 1.18 bits per heavy atom. The largest absolute Gasteiger partial charge is 0.467 e. The number of unbranched alkanes of at least 4 members (excludes halogenated alkanes) is 1. The lowest BCUT2D eigenvalue weighted by Crippen LogP contribution is -2.45. The molecule has 12 heteroatoms. The summed E-state index contributed by atoms with van der Waals surface area (Å²) in [5.74, 6) is -1.22. The molecule has 0 aromatic rings. The Morgan fingerprint density at radius 3 is 2.21 bits per heavy atom. The standard InChI is InChI=1S/C11H21N3O4.C5H10O5/c1-8(15)13-7-10(16)14-9(11(17)18-2)5-3-4-6-12;6-1-3(8)5(10)4(9)2-7/h9H,3-7,12H2,1-2H3,(H,13,15)(H,14,16);1,3-5,7-10H,2H2. The number of carbonyl (C=O) groups excluding carboxylic acids is 4. The molecule has 0 aromatic carbocycles. The number of aliphatic hydroxyl groups is 4. The van der Waals surface area contributed by atoms with Crippen molar-refractivity contribution in [1.29, 1.82) is 0 Å². The van der Waals surface area contributed by atoms with Gasteiger partial charge in [0.15, 0.2) is 6.29 Å². The number of aliphatic hydroxyl groups excluding tert-OH is 4. The van der Waals surface area contributed by atoms with E-state index in [1.165, 1.54) is 14.0 Å². The third-order valence-electron chi connectivity index (χ3n) is 3.34. The molecule has 0 saturated heterocycles. The number of hydrogen-bond donors (Lipinski definition) is 7. The fourth-order valence-corrected chi connectivity index (χ4v) is 1.75. The highest BCUT2D eigenvalue weighted by molar-refractivity contribution is 5.87. The number of aldehydes is 1. The van der Waals surface area contributed by atoms with E-state index < -0.39 is 42.8 Å². The first-order valence-corrected chi connectivity index (χ1v) is 8.56. The van der Waals surface area contributed by atoms with Crippen molar-refractivity contribution in [2.75, 3.05) is 26.8 Å². The van der Waals surface area contributed by atoms with Gasteiger partial charge in [-0.3, -0.25) is 9.59 Å². The predicted octanol–water partition coefficient (Wildman–Crippen LogP) is -3.83. The van der Waals surface area contributed by atoms with Crippen molar-refractivity contribution in [3.05, 3.63) is 0 Å². The van der Waals surface area contributed by atoms with Crippen LogP contribution in [0.5, 0.6) is 0 Å². The van der Waals surface area contributed by atoms with Crippen molar-refractivity contribution in [2.45, 2.75) is 50.5 Å². The molecule has 28 heavy (non-hydrogen) atoms. The van der Waals surface area contributed by atoms with Crippen LogP contribution in [-0.4, -0.2) is 95.7 Å². The summed E-state index contributed by atoms with van der Waals surface area (Å²) in [6.45, 7) is 1.01. The molecule has 0 aromatic heterocycles. The van der Waals surface area contributed by atoms with Gasteiger partial charge in [-0.2, -0.15) is 0 Å². The van der Waals surface area contributed by atoms with Crippen LogP contribution >= 0.6 is 0 Å². The molecule has 0 heterocycles. The van der Waals surface area contributed by atoms with Crippen LogP contribution in [0.2, 0.25) is 0 Å². The van der Waals surface area contributed by atoms with E-state index in [-0.39, 0.29) is 18.7 Å². The molecule has 0 aliphatic heterocycles. The number of amides is 2. The van der Waals surface area contributed by atoms with E-state index in [1.54, 1.807) is 0 Å². The molecule has 0 fully saturated rings. The lowest BCUT2D eigenvalue weighted by Gasteiger charge is -2.16. The topological polar surface area (TPSA) is 209 Å². The Balaban J connectivity index is 0. The summed E-state index contributed by atoms with van der Waals surface area (Å²) < 4.78 is 4.60. The van der Waals surface area contributed by atoms with Crippen LogP contribution in [0.4, 0.5) is 0 Å². The van der Waals surface area contributed by atoms with Gasteiger partial charge in [-0.05, 0) is 25.8 Å². The van der Waals surface area contributed by atoms with Gasteiger partial charge >= 0.3 is 5.97 Å². The fourth-order valence-electron chi connectivity index (χ4n) is 1.75. The molecule has 0 spiro atoms. The predicted molar refractivity (Wildman–Crippen MR) is 96.7 cm³/mol. The molecule has 0 bridgehead atoms. The number of rotatable bonds is 12. The molecule has 4 unspecified atom stereocenters. The number of nitrogens with one attached hydrogen (secondary N) is 2. The van der Waals surface area contributed by atoms with Crippen molar-refractivity contribution < 1.29 is 44.3 Å². The van der Waals surface area contributed by atoms with Crippen molar-refractivity contribution in [3.8, 4) is 0 Å². The van der Waals surface area contributed by atoms with Crippen molar-refractivity contribution in [2.24, 2.45) is 5.73 Å². The Bertz CT molecular complexity index is 476. The molecule has 0 radical (unpaired) electrons. The SMILES string of the molecule is COC(=O)C(CCCCN)NC(=O)CNC(C)=O.O=CC(O)C(O)C(O)CO. The lowest BCUT2D eigenvalue weighted by molar-refractivity contribution is -0.145. The number of esters is 1. The summed E-state index contributed by atoms with van der Waals surface area (Å²) in [5.41, 5.74) is 5.35. The second-order valence-corrected chi connectivity index (χ2v) is 5.70. The second-order valence-electron chi connectivity index (χ2n) is 5.70. The minimum absolute atomic E-state index is 0.0869. The first-order valence-electron chi connectivity index (χ1n) is 8.56. The molecular formula is C16H31N3O9. The van der Waals surface area contributed by atoms with Gasteiger partial charge in [-0.15, -0.1) is 0 Å². The Morgan fingerprint density at radius 2 is 1.79 bits per heavy atom. The van der Waals surface area contributed by atoms with Crippen molar-refractivity contribution in [3.63, 3.8) is 0 Å². The smallest absolute Gasteiger partial charge is 0.328 e. The normalized spacial score (nSPS) is 14.4. The van der Waals surface area contributed by atoms with E-state index in [9.17, 15) is 19.2 Å². The van der Waals surface area contributed by atoms with E-state index in [0.29, 0.717) is 13.0 Å². The molecule has 164 valence electrons. The van der Waals surface area contributed by atoms with Gasteiger partial charge < -0.3 is 46.3 Å². The lowest BCUT2D eigenvalue weighted by atomic mass is 10.1. The molecule has 0 aliphatic rings. The highest BCUT2D eigenvalue weighted by Gasteiger charge is 2.23. The Hall–Kier alpha value is -2.12. The zero-order valence-corrected chi connectivity index (χ0v) is 16.0. The minimum Gasteiger partial charge on any atom is -0.467 e. The number of carbonyl (C=O) groups is 4. The Labute approximate surface area is 163 Å². The van der Waals surface area contributed by atoms with E-state index in [1.807, 2.05) is 0 Å². The average molecular weight is 409 g/mol. The van der Waals surface area contributed by atoms with Crippen molar-refractivity contribution in [1.82, 2.24) is 10.6 Å². The fraction of sp³-hybridized carbons (Fsp3) is 0.750. The number of methoxy groups -OCH3 is 1. The summed E-state index contributed by atoms with van der Waals surface area (Å²) in [5, 5.41) is 38.9. The van der Waals surface area contributed by atoms with Crippen LogP contribution in [0, 0.1) is 0 Å². The van der Waals surface area contributed by atoms with Gasteiger partial charge in [0.1, 0.15) is 24.4 Å². The summed E-state index contributed by atoms with van der Waals surface area (Å²) in [7, 11) is 1.26. The van der Waals surface area contributed by atoms with Crippen LogP contribution in [0.25, 0.3) is 0 Å². The molecule has 2 amide bonds. The third-order valence-corrected chi connectivity index (χ3v) is 3.34. The summed E-state index contributed by atoms with van der Waals surface area (Å²) in [4.78, 5) is 43.3. The van der Waals surface area contributed by atoms with Crippen LogP contribution in [-0.2, 0) is 23.9 Å². The van der Waals surface area contributed by atoms with Crippen LogP contribution in [0.1, 0.15) is 26.2 Å². The molecule has 4 atom stereocenters. The zero-order valence-electron chi connectivity index (χ0n) is 16.0. The zero-order chi connectivity index (χ0) is 22.1. The van der Waals surface area contributed by atoms with Gasteiger partial charge in [-0.1, -0.05) is 0 Å². The van der Waals surface area contributed by atoms with Gasteiger partial charge in [0, 0.05) is 6.92 Å². The maximum Gasteiger partial charge on any atom is 0.328 e. The first kappa shape index (κ1) is 28.1. The highest BCUT2D eigenvalue weighted by Crippen LogP contribution is 2.02. The Kier molecular flexibility index (Phi) is 17.1. The molecule has 0 rings (SSSR count). The minimum atomic E-state index is -1.64.